The highest BCUT2D eigenvalue weighted by atomic mass is 19.1. The molecule has 3 rings (SSSR count). The van der Waals surface area contributed by atoms with Crippen molar-refractivity contribution in [3.8, 4) is 6.07 Å². The largest absolute Gasteiger partial charge is 0.402 e. The summed E-state index contributed by atoms with van der Waals surface area (Å²) in [5, 5.41) is 13.0. The minimum atomic E-state index is -1.09. The van der Waals surface area contributed by atoms with Gasteiger partial charge in [0.2, 0.25) is 5.91 Å². The summed E-state index contributed by atoms with van der Waals surface area (Å²) < 4.78 is 27.1. The third-order valence-corrected chi connectivity index (χ3v) is 6.25. The maximum Gasteiger partial charge on any atom is 0.247 e. The van der Waals surface area contributed by atoms with E-state index in [2.05, 4.69) is 11.4 Å². The third kappa shape index (κ3) is 6.58. The van der Waals surface area contributed by atoms with Gasteiger partial charge in [-0.15, -0.1) is 0 Å². The zero-order valence-corrected chi connectivity index (χ0v) is 20.2. The number of amides is 1. The molecule has 35 heavy (non-hydrogen) atoms. The minimum absolute atomic E-state index is 0.145. The quantitative estimate of drug-likeness (QED) is 0.345. The first kappa shape index (κ1) is 26.2. The van der Waals surface area contributed by atoms with Crippen LogP contribution >= 0.6 is 0 Å². The van der Waals surface area contributed by atoms with Gasteiger partial charge in [-0.1, -0.05) is 12.2 Å². The maximum atomic E-state index is 14.2. The Labute approximate surface area is 205 Å². The van der Waals surface area contributed by atoms with Crippen LogP contribution in [0.25, 0.3) is 5.70 Å². The van der Waals surface area contributed by atoms with E-state index in [1.807, 2.05) is 6.08 Å². The summed E-state index contributed by atoms with van der Waals surface area (Å²) in [5.74, 6) is -0.432. The molecule has 2 atom stereocenters. The normalized spacial score (nSPS) is 22.7. The molecular weight excluding hydrogens is 448 g/mol. The molecule has 8 heteroatoms. The minimum Gasteiger partial charge on any atom is -0.402 e. The first-order valence-electron chi connectivity index (χ1n) is 11.8. The molecule has 5 N–H and O–H groups in total. The summed E-state index contributed by atoms with van der Waals surface area (Å²) in [7, 11) is 0. The summed E-state index contributed by atoms with van der Waals surface area (Å²) in [6.07, 6.45) is 9.25. The van der Waals surface area contributed by atoms with Crippen LogP contribution in [-0.2, 0) is 11.3 Å². The van der Waals surface area contributed by atoms with Crippen molar-refractivity contribution in [2.24, 2.45) is 22.8 Å². The fourth-order valence-electron chi connectivity index (χ4n) is 4.33. The van der Waals surface area contributed by atoms with Crippen LogP contribution in [0, 0.1) is 28.5 Å². The molecule has 2 aliphatic rings. The van der Waals surface area contributed by atoms with E-state index in [0.29, 0.717) is 54.3 Å². The number of rotatable bonds is 10. The lowest BCUT2D eigenvalue weighted by molar-refractivity contribution is -0.132. The van der Waals surface area contributed by atoms with Crippen LogP contribution in [0.3, 0.4) is 0 Å². The van der Waals surface area contributed by atoms with Gasteiger partial charge in [0.15, 0.2) is 0 Å². The number of nitrogens with zero attached hydrogens (tertiary/aromatic N) is 2. The number of benzene rings is 1. The number of alkyl halides is 1. The molecule has 1 heterocycles. The third-order valence-electron chi connectivity index (χ3n) is 6.25. The molecule has 0 spiro atoms. The second-order valence-corrected chi connectivity index (χ2v) is 9.25. The first-order valence-corrected chi connectivity index (χ1v) is 11.8. The number of halogens is 2. The number of nitrogens with two attached hydrogens (primary N) is 2. The zero-order chi connectivity index (χ0) is 25.6. The summed E-state index contributed by atoms with van der Waals surface area (Å²) in [6, 6.07) is 6.81. The van der Waals surface area contributed by atoms with Crippen molar-refractivity contribution < 1.29 is 13.6 Å². The lowest BCUT2D eigenvalue weighted by Crippen LogP contribution is -2.35. The number of hydrogen-bond donors (Lipinski definition) is 3. The van der Waals surface area contributed by atoms with Crippen LogP contribution in [0.4, 0.5) is 8.78 Å². The van der Waals surface area contributed by atoms with Gasteiger partial charge in [0.05, 0.1) is 6.07 Å². The lowest BCUT2D eigenvalue weighted by atomic mass is 9.83. The van der Waals surface area contributed by atoms with E-state index in [1.165, 1.54) is 37.3 Å². The highest BCUT2D eigenvalue weighted by Crippen LogP contribution is 2.51. The Hall–Kier alpha value is -3.44. The van der Waals surface area contributed by atoms with Crippen molar-refractivity contribution in [3.63, 3.8) is 0 Å². The van der Waals surface area contributed by atoms with E-state index in [4.69, 9.17) is 11.5 Å². The van der Waals surface area contributed by atoms with Crippen LogP contribution in [0.1, 0.15) is 44.2 Å². The molecule has 0 radical (unpaired) electrons. The fourth-order valence-corrected chi connectivity index (χ4v) is 4.33. The average molecular weight is 482 g/mol. The molecule has 1 saturated carbocycles. The molecule has 186 valence electrons. The summed E-state index contributed by atoms with van der Waals surface area (Å²) >= 11 is 0. The molecule has 1 aliphatic heterocycles. The number of nitrogens with one attached hydrogen (secondary N) is 1. The predicted molar refractivity (Wildman–Crippen MR) is 133 cm³/mol. The molecule has 2 unspecified atom stereocenters. The number of carbonyl (C=O) groups is 1. The first-order chi connectivity index (χ1) is 16.7. The molecule has 2 fully saturated rings. The van der Waals surface area contributed by atoms with E-state index >= 15 is 0 Å². The van der Waals surface area contributed by atoms with Crippen molar-refractivity contribution in [1.82, 2.24) is 10.2 Å². The molecule has 0 bridgehead atoms. The van der Waals surface area contributed by atoms with Gasteiger partial charge in [0.25, 0.3) is 0 Å². The Morgan fingerprint density at radius 2 is 2.11 bits per heavy atom. The summed E-state index contributed by atoms with van der Waals surface area (Å²) in [5.41, 5.74) is 13.7. The van der Waals surface area contributed by atoms with Crippen molar-refractivity contribution in [2.45, 2.75) is 45.8 Å². The van der Waals surface area contributed by atoms with E-state index < -0.39 is 17.4 Å². The van der Waals surface area contributed by atoms with Gasteiger partial charge < -0.3 is 21.7 Å². The number of allylic oxidation sites excluding steroid dienone is 5. The molecular formula is C27H33F2N5O. The van der Waals surface area contributed by atoms with Gasteiger partial charge in [0, 0.05) is 42.3 Å². The van der Waals surface area contributed by atoms with E-state index in [0.717, 1.165) is 12.8 Å². The molecule has 1 amide bonds. The topological polar surface area (TPSA) is 108 Å². The Balaban J connectivity index is 1.68. The number of carbonyl (C=O) groups excluding carboxylic acids is 1. The van der Waals surface area contributed by atoms with Crippen LogP contribution in [-0.4, -0.2) is 30.1 Å². The molecule has 1 aromatic rings. The van der Waals surface area contributed by atoms with Crippen molar-refractivity contribution in [1.29, 1.82) is 5.26 Å². The predicted octanol–water partition coefficient (Wildman–Crippen LogP) is 4.03. The van der Waals surface area contributed by atoms with Gasteiger partial charge in [0.1, 0.15) is 17.4 Å². The van der Waals surface area contributed by atoms with Gasteiger partial charge in [-0.05, 0) is 81.0 Å². The Morgan fingerprint density at radius 3 is 2.74 bits per heavy atom. The maximum absolute atomic E-state index is 14.2. The summed E-state index contributed by atoms with van der Waals surface area (Å²) in [6.45, 7) is 4.40. The molecule has 0 aromatic heterocycles. The Morgan fingerprint density at radius 1 is 1.37 bits per heavy atom. The molecule has 1 aliphatic carbocycles. The van der Waals surface area contributed by atoms with Crippen molar-refractivity contribution in [3.05, 3.63) is 76.9 Å². The lowest BCUT2D eigenvalue weighted by Gasteiger charge is -2.22. The van der Waals surface area contributed by atoms with Crippen LogP contribution in [0.2, 0.25) is 0 Å². The van der Waals surface area contributed by atoms with E-state index in [1.54, 1.807) is 24.0 Å². The van der Waals surface area contributed by atoms with Gasteiger partial charge in [-0.2, -0.15) is 5.26 Å². The summed E-state index contributed by atoms with van der Waals surface area (Å²) in [4.78, 5) is 14.8. The molecule has 6 nitrogen and oxygen atoms in total. The smallest absolute Gasteiger partial charge is 0.247 e. The highest BCUT2D eigenvalue weighted by molar-refractivity contribution is 5.90. The van der Waals surface area contributed by atoms with E-state index in [9.17, 15) is 18.8 Å². The molecule has 1 saturated heterocycles. The second kappa shape index (κ2) is 11.3. The number of nitriles is 1. The monoisotopic (exact) mass is 481 g/mol. The van der Waals surface area contributed by atoms with Gasteiger partial charge in [-0.25, -0.2) is 8.78 Å². The SMILES string of the molecule is C/C(N)=C/C(=C\CNCc1cc(F)cc(/C(N)=C/C=C\C(C)F)c1)N1CCC(C#N)(C2CC2)C1=O. The van der Waals surface area contributed by atoms with Crippen molar-refractivity contribution >= 4 is 11.6 Å². The second-order valence-electron chi connectivity index (χ2n) is 9.25. The number of hydrogen-bond acceptors (Lipinski definition) is 5. The van der Waals surface area contributed by atoms with Crippen LogP contribution < -0.4 is 16.8 Å². The average Bonchev–Trinajstić information content (AvgIpc) is 3.59. The van der Waals surface area contributed by atoms with Gasteiger partial charge in [-0.3, -0.25) is 4.79 Å². The highest BCUT2D eigenvalue weighted by Gasteiger charge is 2.56. The zero-order valence-electron chi connectivity index (χ0n) is 20.2. The fraction of sp³-hybridized carbons (Fsp3) is 0.407. The van der Waals surface area contributed by atoms with E-state index in [-0.39, 0.29) is 11.8 Å². The standard InChI is InChI=1S/C27H33F2N5O/c1-18(28)4-3-5-25(32)21-13-20(14-23(29)15-21)16-33-10-8-24(12-19(2)31)34-11-9-27(17-30,26(34)35)22-6-7-22/h3-5,8,12-15,18,22,33H,6-7,9-11,16,31-32H2,1-2H3/b4-3-,19-12-,24-8+,25-5-. The van der Waals surface area contributed by atoms with Crippen LogP contribution in [0.5, 0.6) is 0 Å². The molecule has 1 aromatic carbocycles. The Bertz CT molecular complexity index is 1110. The number of likely N-dealkylation sites (tertiary alicyclic amines) is 1. The van der Waals surface area contributed by atoms with Gasteiger partial charge >= 0.3 is 0 Å². The van der Waals surface area contributed by atoms with Crippen molar-refractivity contribution in [2.75, 3.05) is 13.1 Å². The Kier molecular flexibility index (Phi) is 8.47. The van der Waals surface area contributed by atoms with Crippen LogP contribution in [0.15, 0.2) is 60.0 Å².